The number of esters is 1. The average molecular weight is 404 g/mol. The molecule has 0 aliphatic heterocycles. The van der Waals surface area contributed by atoms with E-state index >= 15 is 0 Å². The van der Waals surface area contributed by atoms with Gasteiger partial charge in [-0.05, 0) is 31.5 Å². The maximum Gasteiger partial charge on any atom is 0.316 e. The summed E-state index contributed by atoms with van der Waals surface area (Å²) in [5, 5.41) is 2.70. The fourth-order valence-electron chi connectivity index (χ4n) is 2.38. The molecule has 28 heavy (non-hydrogen) atoms. The van der Waals surface area contributed by atoms with Crippen LogP contribution in [-0.4, -0.2) is 38.0 Å². The molecule has 0 unspecified atom stereocenters. The normalized spacial score (nSPS) is 11.4. The molecule has 0 spiro atoms. The molecule has 0 fully saturated rings. The standard InChI is InChI=1S/C21H25NO5S/c1-14-5-7-16(8-6-14)12-28-13-20(23)27-15(2)21(24)22-17-9-10-18(25-3)19(11-17)26-4/h5-11,15H,12-13H2,1-4H3,(H,22,24)/t15-/m0/s1. The quantitative estimate of drug-likeness (QED) is 0.642. The molecule has 2 rings (SSSR count). The summed E-state index contributed by atoms with van der Waals surface area (Å²) in [6, 6.07) is 13.2. The van der Waals surface area contributed by atoms with Crippen molar-refractivity contribution < 1.29 is 23.8 Å². The van der Waals surface area contributed by atoms with Crippen LogP contribution in [0.5, 0.6) is 11.5 Å². The van der Waals surface area contributed by atoms with Gasteiger partial charge in [0.15, 0.2) is 17.6 Å². The van der Waals surface area contributed by atoms with Crippen molar-refractivity contribution in [1.82, 2.24) is 0 Å². The Kier molecular flexibility index (Phi) is 8.19. The molecule has 1 N–H and O–H groups in total. The third-order valence-electron chi connectivity index (χ3n) is 3.94. The van der Waals surface area contributed by atoms with Gasteiger partial charge in [-0.2, -0.15) is 0 Å². The largest absolute Gasteiger partial charge is 0.493 e. The van der Waals surface area contributed by atoms with E-state index < -0.39 is 18.0 Å². The average Bonchev–Trinajstić information content (AvgIpc) is 2.69. The lowest BCUT2D eigenvalue weighted by Gasteiger charge is -2.15. The van der Waals surface area contributed by atoms with Crippen LogP contribution in [0.3, 0.4) is 0 Å². The molecule has 0 aliphatic rings. The van der Waals surface area contributed by atoms with Crippen LogP contribution < -0.4 is 14.8 Å². The summed E-state index contributed by atoms with van der Waals surface area (Å²) in [5.41, 5.74) is 2.87. The number of methoxy groups -OCH3 is 2. The Morgan fingerprint density at radius 1 is 1.04 bits per heavy atom. The second kappa shape index (κ2) is 10.6. The van der Waals surface area contributed by atoms with Gasteiger partial charge in [-0.25, -0.2) is 0 Å². The molecule has 1 amide bonds. The summed E-state index contributed by atoms with van der Waals surface area (Å²) >= 11 is 1.45. The Morgan fingerprint density at radius 3 is 2.36 bits per heavy atom. The first kappa shape index (κ1) is 21.6. The van der Waals surface area contributed by atoms with Crippen molar-refractivity contribution in [2.45, 2.75) is 25.7 Å². The first-order valence-electron chi connectivity index (χ1n) is 8.78. The van der Waals surface area contributed by atoms with Gasteiger partial charge in [0.25, 0.3) is 5.91 Å². The molecule has 0 saturated carbocycles. The summed E-state index contributed by atoms with van der Waals surface area (Å²) in [6.45, 7) is 3.57. The Balaban J connectivity index is 1.79. The van der Waals surface area contributed by atoms with E-state index in [-0.39, 0.29) is 5.75 Å². The number of rotatable bonds is 9. The van der Waals surface area contributed by atoms with Gasteiger partial charge < -0.3 is 19.5 Å². The fourth-order valence-corrected chi connectivity index (χ4v) is 3.14. The van der Waals surface area contributed by atoms with Crippen LogP contribution in [-0.2, 0) is 20.1 Å². The zero-order chi connectivity index (χ0) is 20.5. The maximum atomic E-state index is 12.3. The van der Waals surface area contributed by atoms with Crippen molar-refractivity contribution in [2.75, 3.05) is 25.3 Å². The Bertz CT molecular complexity index is 807. The van der Waals surface area contributed by atoms with Gasteiger partial charge in [-0.3, -0.25) is 9.59 Å². The third kappa shape index (κ3) is 6.49. The predicted octanol–water partition coefficient (Wildman–Crippen LogP) is 3.82. The molecular weight excluding hydrogens is 378 g/mol. The van der Waals surface area contributed by atoms with E-state index in [0.717, 1.165) is 5.56 Å². The minimum absolute atomic E-state index is 0.182. The highest BCUT2D eigenvalue weighted by atomic mass is 32.2. The monoisotopic (exact) mass is 403 g/mol. The van der Waals surface area contributed by atoms with E-state index in [0.29, 0.717) is 22.9 Å². The van der Waals surface area contributed by atoms with E-state index in [2.05, 4.69) is 5.32 Å². The lowest BCUT2D eigenvalue weighted by Crippen LogP contribution is -2.30. The SMILES string of the molecule is COc1ccc(NC(=O)[C@H](C)OC(=O)CSCc2ccc(C)cc2)cc1OC. The zero-order valence-electron chi connectivity index (χ0n) is 16.5. The van der Waals surface area contributed by atoms with Crippen molar-refractivity contribution in [3.8, 4) is 11.5 Å². The van der Waals surface area contributed by atoms with E-state index in [1.165, 1.54) is 31.5 Å². The van der Waals surface area contributed by atoms with Crippen LogP contribution in [0, 0.1) is 6.92 Å². The van der Waals surface area contributed by atoms with E-state index in [1.807, 2.05) is 31.2 Å². The van der Waals surface area contributed by atoms with Gasteiger partial charge in [-0.1, -0.05) is 29.8 Å². The molecule has 0 aliphatic carbocycles. The first-order valence-corrected chi connectivity index (χ1v) is 9.94. The van der Waals surface area contributed by atoms with Crippen LogP contribution in [0.15, 0.2) is 42.5 Å². The number of amides is 1. The summed E-state index contributed by atoms with van der Waals surface area (Å²) in [4.78, 5) is 24.2. The number of carbonyl (C=O) groups is 2. The molecule has 0 bridgehead atoms. The number of thioether (sulfide) groups is 1. The topological polar surface area (TPSA) is 73.9 Å². The van der Waals surface area contributed by atoms with Gasteiger partial charge >= 0.3 is 5.97 Å². The summed E-state index contributed by atoms with van der Waals surface area (Å²) < 4.78 is 15.6. The number of aryl methyl sites for hydroxylation is 1. The molecule has 7 heteroatoms. The van der Waals surface area contributed by atoms with Crippen LogP contribution >= 0.6 is 11.8 Å². The van der Waals surface area contributed by atoms with Crippen LogP contribution in [0.1, 0.15) is 18.1 Å². The second-order valence-electron chi connectivity index (χ2n) is 6.17. The highest BCUT2D eigenvalue weighted by molar-refractivity contribution is 7.99. The maximum absolute atomic E-state index is 12.3. The van der Waals surface area contributed by atoms with Crippen molar-refractivity contribution in [1.29, 1.82) is 0 Å². The highest BCUT2D eigenvalue weighted by Crippen LogP contribution is 2.29. The Labute approximate surface area is 169 Å². The Morgan fingerprint density at radius 2 is 1.71 bits per heavy atom. The summed E-state index contributed by atoms with van der Waals surface area (Å²) in [5.74, 6) is 1.11. The lowest BCUT2D eigenvalue weighted by atomic mass is 10.2. The van der Waals surface area contributed by atoms with E-state index in [1.54, 1.807) is 25.1 Å². The number of anilines is 1. The van der Waals surface area contributed by atoms with Gasteiger partial charge in [0.1, 0.15) is 0 Å². The van der Waals surface area contributed by atoms with Crippen LogP contribution in [0.25, 0.3) is 0 Å². The molecule has 2 aromatic carbocycles. The van der Waals surface area contributed by atoms with Crippen molar-refractivity contribution in [3.63, 3.8) is 0 Å². The van der Waals surface area contributed by atoms with Gasteiger partial charge in [-0.15, -0.1) is 11.8 Å². The molecule has 1 atom stereocenters. The van der Waals surface area contributed by atoms with E-state index in [4.69, 9.17) is 14.2 Å². The molecule has 0 saturated heterocycles. The van der Waals surface area contributed by atoms with Gasteiger partial charge in [0.2, 0.25) is 0 Å². The molecule has 6 nitrogen and oxygen atoms in total. The molecule has 150 valence electrons. The van der Waals surface area contributed by atoms with Crippen LogP contribution in [0.2, 0.25) is 0 Å². The smallest absolute Gasteiger partial charge is 0.316 e. The molecule has 2 aromatic rings. The van der Waals surface area contributed by atoms with Gasteiger partial charge in [0, 0.05) is 17.5 Å². The Hall–Kier alpha value is -2.67. The van der Waals surface area contributed by atoms with Crippen molar-refractivity contribution in [3.05, 3.63) is 53.6 Å². The van der Waals surface area contributed by atoms with E-state index in [9.17, 15) is 9.59 Å². The van der Waals surface area contributed by atoms with Crippen molar-refractivity contribution in [2.24, 2.45) is 0 Å². The second-order valence-corrected chi connectivity index (χ2v) is 7.16. The molecular formula is C21H25NO5S. The number of ether oxygens (including phenoxy) is 3. The first-order chi connectivity index (χ1) is 13.4. The number of benzene rings is 2. The minimum Gasteiger partial charge on any atom is -0.493 e. The molecule has 0 aromatic heterocycles. The number of hydrogen-bond acceptors (Lipinski definition) is 6. The number of nitrogens with one attached hydrogen (secondary N) is 1. The summed E-state index contributed by atoms with van der Waals surface area (Å²) in [7, 11) is 3.05. The number of hydrogen-bond donors (Lipinski definition) is 1. The summed E-state index contributed by atoms with van der Waals surface area (Å²) in [6.07, 6.45) is -0.902. The van der Waals surface area contributed by atoms with Crippen LogP contribution in [0.4, 0.5) is 5.69 Å². The fraction of sp³-hybridized carbons (Fsp3) is 0.333. The lowest BCUT2D eigenvalue weighted by molar-refractivity contribution is -0.150. The molecule has 0 radical (unpaired) electrons. The molecule has 0 heterocycles. The van der Waals surface area contributed by atoms with Gasteiger partial charge in [0.05, 0.1) is 20.0 Å². The zero-order valence-corrected chi connectivity index (χ0v) is 17.3. The minimum atomic E-state index is -0.902. The highest BCUT2D eigenvalue weighted by Gasteiger charge is 2.18. The number of carbonyl (C=O) groups excluding carboxylic acids is 2. The van der Waals surface area contributed by atoms with Crippen molar-refractivity contribution >= 4 is 29.3 Å². The predicted molar refractivity (Wildman–Crippen MR) is 111 cm³/mol. The third-order valence-corrected chi connectivity index (χ3v) is 4.92.